The number of rotatable bonds is 3. The molecule has 21 heavy (non-hydrogen) atoms. The Balaban J connectivity index is 0.00000161. The van der Waals surface area contributed by atoms with Crippen LogP contribution in [0.15, 0.2) is 22.7 Å². The predicted octanol–water partition coefficient (Wildman–Crippen LogP) is 4.31. The maximum Gasteiger partial charge on any atom is 0.250 e. The van der Waals surface area contributed by atoms with Gasteiger partial charge >= 0.3 is 0 Å². The van der Waals surface area contributed by atoms with Crippen molar-refractivity contribution in [3.63, 3.8) is 0 Å². The Bertz CT molecular complexity index is 645. The minimum absolute atomic E-state index is 0. The second kappa shape index (κ2) is 6.36. The second-order valence-corrected chi connectivity index (χ2v) is 5.87. The zero-order valence-electron chi connectivity index (χ0n) is 11.1. The van der Waals surface area contributed by atoms with Gasteiger partial charge in [-0.3, -0.25) is 0 Å². The molecule has 0 atom stereocenters. The number of benzene rings is 1. The highest BCUT2D eigenvalue weighted by molar-refractivity contribution is 6.34. The molecule has 0 amide bonds. The minimum atomic E-state index is -0.408. The van der Waals surface area contributed by atoms with Crippen molar-refractivity contribution in [1.82, 2.24) is 10.1 Å². The number of nitrogens with zero attached hydrogens (tertiary/aromatic N) is 2. The molecule has 2 N–H and O–H groups in total. The van der Waals surface area contributed by atoms with E-state index < -0.39 is 5.54 Å². The van der Waals surface area contributed by atoms with E-state index in [1.165, 1.54) is 0 Å². The summed E-state index contributed by atoms with van der Waals surface area (Å²) >= 11 is 11.9. The summed E-state index contributed by atoms with van der Waals surface area (Å²) in [6.45, 7) is 0. The lowest BCUT2D eigenvalue weighted by atomic mass is 9.77. The Labute approximate surface area is 138 Å². The fourth-order valence-electron chi connectivity index (χ4n) is 2.13. The van der Waals surface area contributed by atoms with Gasteiger partial charge in [0.15, 0.2) is 5.82 Å². The third kappa shape index (κ3) is 3.58. The van der Waals surface area contributed by atoms with Gasteiger partial charge in [-0.15, -0.1) is 12.4 Å². The lowest BCUT2D eigenvalue weighted by Crippen LogP contribution is -2.44. The average molecular weight is 347 g/mol. The molecule has 0 aliphatic heterocycles. The molecule has 0 bridgehead atoms. The van der Waals surface area contributed by atoms with E-state index in [1.807, 2.05) is 6.08 Å². The van der Waals surface area contributed by atoms with E-state index in [0.717, 1.165) is 24.8 Å². The molecule has 1 saturated carbocycles. The standard InChI is InChI=1S/C14H13Cl2N3O.ClH/c15-10-6-9(7-11(16)8-10)2-3-12-18-13(19-20-12)14(17)4-1-5-14;/h2-3,6-8H,1,4-5,17H2;1H/b3-2+;. The first-order valence-corrected chi connectivity index (χ1v) is 7.08. The molecule has 1 fully saturated rings. The summed E-state index contributed by atoms with van der Waals surface area (Å²) in [5.74, 6) is 1.00. The fourth-order valence-corrected chi connectivity index (χ4v) is 2.67. The minimum Gasteiger partial charge on any atom is -0.335 e. The van der Waals surface area contributed by atoms with Crippen molar-refractivity contribution < 1.29 is 4.52 Å². The Kier molecular flexibility index (Phi) is 4.94. The van der Waals surface area contributed by atoms with Gasteiger partial charge in [0.2, 0.25) is 0 Å². The Morgan fingerprint density at radius 2 is 1.81 bits per heavy atom. The lowest BCUT2D eigenvalue weighted by molar-refractivity contribution is 0.229. The number of halogens is 3. The molecule has 1 aromatic carbocycles. The first-order valence-electron chi connectivity index (χ1n) is 6.32. The van der Waals surface area contributed by atoms with Gasteiger partial charge in [-0.05, 0) is 49.1 Å². The zero-order valence-corrected chi connectivity index (χ0v) is 13.4. The quantitative estimate of drug-likeness (QED) is 0.899. The molecular weight excluding hydrogens is 333 g/mol. The monoisotopic (exact) mass is 345 g/mol. The molecule has 4 nitrogen and oxygen atoms in total. The van der Waals surface area contributed by atoms with Gasteiger partial charge in [-0.2, -0.15) is 4.98 Å². The molecule has 1 aliphatic rings. The van der Waals surface area contributed by atoms with Crippen LogP contribution in [0.25, 0.3) is 12.2 Å². The summed E-state index contributed by atoms with van der Waals surface area (Å²) in [4.78, 5) is 4.31. The van der Waals surface area contributed by atoms with Crippen molar-refractivity contribution in [1.29, 1.82) is 0 Å². The number of hydrogen-bond acceptors (Lipinski definition) is 4. The molecule has 3 rings (SSSR count). The van der Waals surface area contributed by atoms with Gasteiger partial charge in [-0.1, -0.05) is 28.4 Å². The van der Waals surface area contributed by atoms with Crippen molar-refractivity contribution in [2.45, 2.75) is 24.8 Å². The van der Waals surface area contributed by atoms with Crippen LogP contribution in [0.1, 0.15) is 36.5 Å². The normalized spacial score (nSPS) is 16.5. The fraction of sp³-hybridized carbons (Fsp3) is 0.286. The van der Waals surface area contributed by atoms with Crippen LogP contribution in [0.3, 0.4) is 0 Å². The molecule has 1 aliphatic carbocycles. The highest BCUT2D eigenvalue weighted by Gasteiger charge is 2.38. The van der Waals surface area contributed by atoms with Crippen molar-refractivity contribution in [3.05, 3.63) is 45.5 Å². The van der Waals surface area contributed by atoms with Crippen molar-refractivity contribution in [3.8, 4) is 0 Å². The van der Waals surface area contributed by atoms with E-state index in [2.05, 4.69) is 10.1 Å². The van der Waals surface area contributed by atoms with E-state index in [4.69, 9.17) is 33.5 Å². The number of hydrogen-bond donors (Lipinski definition) is 1. The van der Waals surface area contributed by atoms with E-state index in [1.54, 1.807) is 24.3 Å². The highest BCUT2D eigenvalue weighted by atomic mass is 35.5. The Hall–Kier alpha value is -1.07. The molecule has 2 aromatic rings. The van der Waals surface area contributed by atoms with Crippen LogP contribution in [0, 0.1) is 0 Å². The molecular formula is C14H14Cl3N3O. The van der Waals surface area contributed by atoms with Gasteiger partial charge in [0.25, 0.3) is 5.89 Å². The smallest absolute Gasteiger partial charge is 0.250 e. The number of aromatic nitrogens is 2. The molecule has 0 spiro atoms. The largest absolute Gasteiger partial charge is 0.335 e. The first-order chi connectivity index (χ1) is 9.55. The summed E-state index contributed by atoms with van der Waals surface area (Å²) in [5.41, 5.74) is 6.60. The van der Waals surface area contributed by atoms with E-state index in [9.17, 15) is 0 Å². The van der Waals surface area contributed by atoms with Gasteiger partial charge in [0, 0.05) is 16.1 Å². The van der Waals surface area contributed by atoms with Crippen LogP contribution in [0.5, 0.6) is 0 Å². The highest BCUT2D eigenvalue weighted by Crippen LogP contribution is 2.36. The van der Waals surface area contributed by atoms with Crippen LogP contribution < -0.4 is 5.73 Å². The van der Waals surface area contributed by atoms with Gasteiger partial charge in [-0.25, -0.2) is 0 Å². The predicted molar refractivity (Wildman–Crippen MR) is 86.7 cm³/mol. The maximum absolute atomic E-state index is 6.14. The molecule has 7 heteroatoms. The van der Waals surface area contributed by atoms with Crippen LogP contribution in [-0.2, 0) is 5.54 Å². The van der Waals surface area contributed by atoms with Crippen LogP contribution in [0.4, 0.5) is 0 Å². The summed E-state index contributed by atoms with van der Waals surface area (Å²) in [6, 6.07) is 5.29. The summed E-state index contributed by atoms with van der Waals surface area (Å²) in [6.07, 6.45) is 6.45. The third-order valence-electron chi connectivity index (χ3n) is 3.44. The molecule has 1 heterocycles. The molecule has 1 aromatic heterocycles. The Morgan fingerprint density at radius 1 is 1.14 bits per heavy atom. The van der Waals surface area contributed by atoms with Crippen molar-refractivity contribution >= 4 is 47.8 Å². The topological polar surface area (TPSA) is 64.9 Å². The molecule has 0 saturated heterocycles. The van der Waals surface area contributed by atoms with Gasteiger partial charge in [0.1, 0.15) is 0 Å². The van der Waals surface area contributed by atoms with E-state index in [0.29, 0.717) is 21.8 Å². The average Bonchev–Trinajstić information content (AvgIpc) is 2.81. The number of nitrogens with two attached hydrogens (primary N) is 1. The molecule has 112 valence electrons. The van der Waals surface area contributed by atoms with E-state index in [-0.39, 0.29) is 12.4 Å². The van der Waals surface area contributed by atoms with Crippen LogP contribution in [-0.4, -0.2) is 10.1 Å². The van der Waals surface area contributed by atoms with Crippen LogP contribution >= 0.6 is 35.6 Å². The first kappa shape index (κ1) is 16.3. The summed E-state index contributed by atoms with van der Waals surface area (Å²) in [7, 11) is 0. The van der Waals surface area contributed by atoms with Gasteiger partial charge in [0.05, 0.1) is 5.54 Å². The van der Waals surface area contributed by atoms with Crippen LogP contribution in [0.2, 0.25) is 10.0 Å². The maximum atomic E-state index is 6.14. The molecule has 0 radical (unpaired) electrons. The third-order valence-corrected chi connectivity index (χ3v) is 3.87. The summed E-state index contributed by atoms with van der Waals surface area (Å²) in [5, 5.41) is 5.11. The summed E-state index contributed by atoms with van der Waals surface area (Å²) < 4.78 is 5.18. The molecule has 0 unspecified atom stereocenters. The zero-order chi connectivity index (χ0) is 14.2. The SMILES string of the molecule is Cl.NC1(c2noc(/C=C/c3cc(Cl)cc(Cl)c3)n2)CCC1. The second-order valence-electron chi connectivity index (χ2n) is 5.00. The van der Waals surface area contributed by atoms with Gasteiger partial charge < -0.3 is 10.3 Å². The van der Waals surface area contributed by atoms with Crippen molar-refractivity contribution in [2.75, 3.05) is 0 Å². The lowest BCUT2D eigenvalue weighted by Gasteiger charge is -2.34. The van der Waals surface area contributed by atoms with E-state index >= 15 is 0 Å². The Morgan fingerprint density at radius 3 is 2.38 bits per heavy atom. The van der Waals surface area contributed by atoms with Crippen molar-refractivity contribution in [2.24, 2.45) is 5.73 Å².